The van der Waals surface area contributed by atoms with Gasteiger partial charge in [-0.1, -0.05) is 12.1 Å². The lowest BCUT2D eigenvalue weighted by Crippen LogP contribution is -2.21. The zero-order valence-corrected chi connectivity index (χ0v) is 8.30. The molecule has 6 heteroatoms. The maximum absolute atomic E-state index is 12.7. The first-order valence-electron chi connectivity index (χ1n) is 4.55. The van der Waals surface area contributed by atoms with Crippen molar-refractivity contribution in [1.29, 1.82) is 0 Å². The average molecular weight is 227 g/mol. The molecule has 0 aliphatic heterocycles. The lowest BCUT2D eigenvalue weighted by molar-refractivity contribution is -0.384. The molecule has 1 aromatic carbocycles. The van der Waals surface area contributed by atoms with Crippen molar-refractivity contribution in [3.05, 3.63) is 39.9 Å². The van der Waals surface area contributed by atoms with Gasteiger partial charge in [0.05, 0.1) is 11.5 Å². The van der Waals surface area contributed by atoms with Crippen LogP contribution in [0, 0.1) is 10.1 Å². The summed E-state index contributed by atoms with van der Waals surface area (Å²) in [5, 5.41) is 18.9. The monoisotopic (exact) mass is 227 g/mol. The van der Waals surface area contributed by atoms with Crippen molar-refractivity contribution in [2.24, 2.45) is 0 Å². The first-order valence-corrected chi connectivity index (χ1v) is 4.55. The second-order valence-electron chi connectivity index (χ2n) is 3.22. The number of aliphatic hydroxyl groups excluding tert-OH is 1. The number of nitrogens with zero attached hydrogens (tertiary/aromatic N) is 1. The fourth-order valence-electron chi connectivity index (χ4n) is 1.19. The smallest absolute Gasteiger partial charge is 0.269 e. The molecule has 1 N–H and O–H groups in total. The standard InChI is InChI=1S/C10H10FNO4/c11-9(6-13)10(14)5-7-2-1-3-8(4-7)12(15)16/h1-4,9,13H,5-6H2. The van der Waals surface area contributed by atoms with E-state index in [1.165, 1.54) is 24.3 Å². The molecule has 1 unspecified atom stereocenters. The van der Waals surface area contributed by atoms with Gasteiger partial charge in [0.15, 0.2) is 12.0 Å². The number of carbonyl (C=O) groups excluding carboxylic acids is 1. The fraction of sp³-hybridized carbons (Fsp3) is 0.300. The van der Waals surface area contributed by atoms with Gasteiger partial charge in [0.2, 0.25) is 0 Å². The zero-order valence-electron chi connectivity index (χ0n) is 8.30. The highest BCUT2D eigenvalue weighted by molar-refractivity contribution is 5.85. The van der Waals surface area contributed by atoms with Crippen LogP contribution in [-0.2, 0) is 11.2 Å². The highest BCUT2D eigenvalue weighted by Gasteiger charge is 2.17. The minimum Gasteiger partial charge on any atom is -0.393 e. The van der Waals surface area contributed by atoms with Gasteiger partial charge >= 0.3 is 0 Å². The molecule has 86 valence electrons. The summed E-state index contributed by atoms with van der Waals surface area (Å²) in [5.41, 5.74) is 0.208. The van der Waals surface area contributed by atoms with E-state index in [-0.39, 0.29) is 12.1 Å². The Balaban J connectivity index is 2.78. The number of rotatable bonds is 5. The summed E-state index contributed by atoms with van der Waals surface area (Å²) in [4.78, 5) is 21.0. The molecule has 0 amide bonds. The Labute approximate surface area is 90.7 Å². The van der Waals surface area contributed by atoms with E-state index < -0.39 is 23.5 Å². The number of ketones is 1. The number of hydrogen-bond acceptors (Lipinski definition) is 4. The zero-order chi connectivity index (χ0) is 12.1. The van der Waals surface area contributed by atoms with E-state index in [1.807, 2.05) is 0 Å². The Bertz CT molecular complexity index is 408. The Morgan fingerprint density at radius 3 is 2.81 bits per heavy atom. The number of carbonyl (C=O) groups is 1. The van der Waals surface area contributed by atoms with Crippen LogP contribution in [0.5, 0.6) is 0 Å². The normalized spacial score (nSPS) is 12.1. The van der Waals surface area contributed by atoms with Crippen molar-refractivity contribution in [3.63, 3.8) is 0 Å². The second kappa shape index (κ2) is 5.32. The van der Waals surface area contributed by atoms with Crippen LogP contribution < -0.4 is 0 Å². The third-order valence-electron chi connectivity index (χ3n) is 2.01. The highest BCUT2D eigenvalue weighted by atomic mass is 19.1. The van der Waals surface area contributed by atoms with Crippen LogP contribution in [0.2, 0.25) is 0 Å². The van der Waals surface area contributed by atoms with Gasteiger partial charge in [-0.05, 0) is 5.56 Å². The molecule has 0 bridgehead atoms. The molecule has 1 rings (SSSR count). The maximum Gasteiger partial charge on any atom is 0.269 e. The van der Waals surface area contributed by atoms with Crippen molar-refractivity contribution in [2.45, 2.75) is 12.6 Å². The quantitative estimate of drug-likeness (QED) is 0.601. The summed E-state index contributed by atoms with van der Waals surface area (Å²) in [7, 11) is 0. The third kappa shape index (κ3) is 3.09. The van der Waals surface area contributed by atoms with Gasteiger partial charge in [-0.2, -0.15) is 0 Å². The molecule has 0 saturated carbocycles. The summed E-state index contributed by atoms with van der Waals surface area (Å²) in [6.07, 6.45) is -2.19. The number of alkyl halides is 1. The van der Waals surface area contributed by atoms with Gasteiger partial charge in [0, 0.05) is 18.6 Å². The fourth-order valence-corrected chi connectivity index (χ4v) is 1.19. The Morgan fingerprint density at radius 1 is 1.56 bits per heavy atom. The van der Waals surface area contributed by atoms with Crippen molar-refractivity contribution < 1.29 is 19.2 Å². The molecule has 0 aliphatic carbocycles. The molecule has 0 spiro atoms. The summed E-state index contributed by atoms with van der Waals surface area (Å²) in [6.45, 7) is -0.867. The van der Waals surface area contributed by atoms with Crippen LogP contribution in [0.3, 0.4) is 0 Å². The molecule has 0 heterocycles. The summed E-state index contributed by atoms with van der Waals surface area (Å²) in [5.74, 6) is -0.789. The number of nitro groups is 1. The van der Waals surface area contributed by atoms with E-state index in [2.05, 4.69) is 0 Å². The van der Waals surface area contributed by atoms with Crippen LogP contribution in [0.25, 0.3) is 0 Å². The second-order valence-corrected chi connectivity index (χ2v) is 3.22. The van der Waals surface area contributed by atoms with Crippen molar-refractivity contribution >= 4 is 11.5 Å². The van der Waals surface area contributed by atoms with E-state index in [9.17, 15) is 19.3 Å². The third-order valence-corrected chi connectivity index (χ3v) is 2.01. The van der Waals surface area contributed by atoms with Crippen LogP contribution in [0.15, 0.2) is 24.3 Å². The molecular weight excluding hydrogens is 217 g/mol. The SMILES string of the molecule is O=C(Cc1cccc([N+](=O)[O-])c1)C(F)CO. The van der Waals surface area contributed by atoms with Crippen molar-refractivity contribution in [2.75, 3.05) is 6.61 Å². The van der Waals surface area contributed by atoms with E-state index in [0.29, 0.717) is 5.56 Å². The van der Waals surface area contributed by atoms with Gasteiger partial charge < -0.3 is 5.11 Å². The number of aliphatic hydroxyl groups is 1. The summed E-state index contributed by atoms with van der Waals surface area (Å²) >= 11 is 0. The molecule has 0 aliphatic rings. The largest absolute Gasteiger partial charge is 0.393 e. The number of nitro benzene ring substituents is 1. The number of benzene rings is 1. The van der Waals surface area contributed by atoms with Crippen LogP contribution in [0.4, 0.5) is 10.1 Å². The number of halogens is 1. The minimum absolute atomic E-state index is 0.148. The van der Waals surface area contributed by atoms with Gasteiger partial charge in [0.25, 0.3) is 5.69 Å². The Kier molecular flexibility index (Phi) is 4.07. The predicted molar refractivity (Wildman–Crippen MR) is 53.8 cm³/mol. The van der Waals surface area contributed by atoms with E-state index in [4.69, 9.17) is 5.11 Å². The number of non-ortho nitro benzene ring substituents is 1. The first kappa shape index (κ1) is 12.3. The summed E-state index contributed by atoms with van der Waals surface area (Å²) in [6, 6.07) is 5.41. The topological polar surface area (TPSA) is 80.4 Å². The predicted octanol–water partition coefficient (Wildman–Crippen LogP) is 1.04. The van der Waals surface area contributed by atoms with E-state index in [1.54, 1.807) is 0 Å². The lowest BCUT2D eigenvalue weighted by Gasteiger charge is -2.03. The molecule has 1 atom stereocenters. The molecule has 0 aromatic heterocycles. The molecular formula is C10H10FNO4. The molecule has 16 heavy (non-hydrogen) atoms. The highest BCUT2D eigenvalue weighted by Crippen LogP contribution is 2.14. The van der Waals surface area contributed by atoms with Crippen molar-refractivity contribution in [3.8, 4) is 0 Å². The summed E-state index contributed by atoms with van der Waals surface area (Å²) < 4.78 is 12.7. The van der Waals surface area contributed by atoms with Crippen molar-refractivity contribution in [1.82, 2.24) is 0 Å². The molecule has 1 aromatic rings. The van der Waals surface area contributed by atoms with Gasteiger partial charge in [0.1, 0.15) is 0 Å². The van der Waals surface area contributed by atoms with Gasteiger partial charge in [-0.3, -0.25) is 14.9 Å². The molecule has 0 saturated heterocycles. The average Bonchev–Trinajstić information content (AvgIpc) is 2.28. The van der Waals surface area contributed by atoms with E-state index >= 15 is 0 Å². The molecule has 5 nitrogen and oxygen atoms in total. The van der Waals surface area contributed by atoms with E-state index in [0.717, 1.165) is 0 Å². The lowest BCUT2D eigenvalue weighted by atomic mass is 10.1. The van der Waals surface area contributed by atoms with Gasteiger partial charge in [-0.25, -0.2) is 4.39 Å². The Hall–Kier alpha value is -1.82. The van der Waals surface area contributed by atoms with Crippen LogP contribution in [-0.4, -0.2) is 28.6 Å². The maximum atomic E-state index is 12.7. The number of Topliss-reactive ketones (excluding diaryl/α,β-unsaturated/α-hetero) is 1. The van der Waals surface area contributed by atoms with Crippen LogP contribution in [0.1, 0.15) is 5.56 Å². The molecule has 0 radical (unpaired) electrons. The van der Waals surface area contributed by atoms with Crippen LogP contribution >= 0.6 is 0 Å². The first-order chi connectivity index (χ1) is 7.54. The minimum atomic E-state index is -1.93. The van der Waals surface area contributed by atoms with Gasteiger partial charge in [-0.15, -0.1) is 0 Å². The Morgan fingerprint density at radius 2 is 2.25 bits per heavy atom. The number of hydrogen-bond donors (Lipinski definition) is 1. The molecule has 0 fully saturated rings.